The maximum Gasteiger partial charge on any atom is 0.263 e. The van der Waals surface area contributed by atoms with Gasteiger partial charge in [0, 0.05) is 16.3 Å². The minimum atomic E-state index is -2.39. The lowest BCUT2D eigenvalue weighted by molar-refractivity contribution is 0.151. The first-order chi connectivity index (χ1) is 7.19. The van der Waals surface area contributed by atoms with Crippen LogP contribution in [0.25, 0.3) is 0 Å². The normalized spacial score (nSPS) is 11.0. The van der Waals surface area contributed by atoms with E-state index >= 15 is 0 Å². The van der Waals surface area contributed by atoms with Crippen molar-refractivity contribution in [1.29, 1.82) is 0 Å². The molecule has 0 aliphatic carbocycles. The van der Waals surface area contributed by atoms with Crippen molar-refractivity contribution < 1.29 is 8.78 Å². The predicted octanol–water partition coefficient (Wildman–Crippen LogP) is 4.52. The largest absolute Gasteiger partial charge is 0.263 e. The van der Waals surface area contributed by atoms with E-state index < -0.39 is 6.43 Å². The van der Waals surface area contributed by atoms with Crippen LogP contribution in [-0.4, -0.2) is 12.1 Å². The second kappa shape index (κ2) is 6.33. The van der Waals surface area contributed by atoms with Crippen LogP contribution in [0.3, 0.4) is 0 Å². The summed E-state index contributed by atoms with van der Waals surface area (Å²) in [5, 5.41) is 0. The second-order valence-electron chi connectivity index (χ2n) is 3.16. The van der Waals surface area contributed by atoms with Crippen LogP contribution >= 0.6 is 23.4 Å². The zero-order chi connectivity index (χ0) is 11.3. The molecule has 0 saturated carbocycles. The lowest BCUT2D eigenvalue weighted by Gasteiger charge is -2.09. The average molecular weight is 251 g/mol. The van der Waals surface area contributed by atoms with Gasteiger partial charge in [0.1, 0.15) is 0 Å². The Morgan fingerprint density at radius 3 is 2.67 bits per heavy atom. The van der Waals surface area contributed by atoms with Gasteiger partial charge in [0.2, 0.25) is 0 Å². The van der Waals surface area contributed by atoms with E-state index in [0.29, 0.717) is 5.88 Å². The van der Waals surface area contributed by atoms with Crippen molar-refractivity contribution >= 4 is 23.4 Å². The standard InChI is InChI=1S/C11H13ClF2S/c1-15-10-5-4-9(11(13)14)7-8(10)3-2-6-12/h4-5,7,11H,2-3,6H2,1H3. The van der Waals surface area contributed by atoms with Crippen LogP contribution in [0.15, 0.2) is 23.1 Å². The zero-order valence-electron chi connectivity index (χ0n) is 8.47. The highest BCUT2D eigenvalue weighted by Gasteiger charge is 2.10. The summed E-state index contributed by atoms with van der Waals surface area (Å²) in [4.78, 5) is 1.06. The van der Waals surface area contributed by atoms with Crippen molar-refractivity contribution in [2.75, 3.05) is 12.1 Å². The Morgan fingerprint density at radius 1 is 1.40 bits per heavy atom. The van der Waals surface area contributed by atoms with Gasteiger partial charge in [-0.1, -0.05) is 6.07 Å². The second-order valence-corrected chi connectivity index (χ2v) is 4.39. The molecule has 0 spiro atoms. The summed E-state index contributed by atoms with van der Waals surface area (Å²) in [6, 6.07) is 4.83. The smallest absolute Gasteiger partial charge is 0.205 e. The van der Waals surface area contributed by atoms with Gasteiger partial charge in [-0.25, -0.2) is 8.78 Å². The van der Waals surface area contributed by atoms with Crippen LogP contribution in [0.1, 0.15) is 24.0 Å². The van der Waals surface area contributed by atoms with E-state index in [0.717, 1.165) is 23.3 Å². The molecule has 0 amide bonds. The molecule has 1 rings (SSSR count). The highest BCUT2D eigenvalue weighted by atomic mass is 35.5. The molecule has 0 heterocycles. The van der Waals surface area contributed by atoms with Crippen LogP contribution in [0.4, 0.5) is 8.78 Å². The number of thioether (sulfide) groups is 1. The Bertz CT molecular complexity index is 315. The molecule has 0 aliphatic rings. The predicted molar refractivity (Wildman–Crippen MR) is 62.2 cm³/mol. The molecule has 0 bridgehead atoms. The lowest BCUT2D eigenvalue weighted by Crippen LogP contribution is -1.93. The molecule has 0 unspecified atom stereocenters. The van der Waals surface area contributed by atoms with Crippen molar-refractivity contribution in [2.45, 2.75) is 24.2 Å². The lowest BCUT2D eigenvalue weighted by atomic mass is 10.1. The number of alkyl halides is 3. The molecule has 0 radical (unpaired) electrons. The molecule has 15 heavy (non-hydrogen) atoms. The fourth-order valence-electron chi connectivity index (χ4n) is 1.39. The minimum absolute atomic E-state index is 0.0948. The summed E-state index contributed by atoms with van der Waals surface area (Å²) in [7, 11) is 0. The van der Waals surface area contributed by atoms with E-state index in [9.17, 15) is 8.78 Å². The van der Waals surface area contributed by atoms with Crippen LogP contribution in [0, 0.1) is 0 Å². The van der Waals surface area contributed by atoms with Crippen LogP contribution in [0.5, 0.6) is 0 Å². The fourth-order valence-corrected chi connectivity index (χ4v) is 2.15. The maximum atomic E-state index is 12.5. The van der Waals surface area contributed by atoms with Gasteiger partial charge < -0.3 is 0 Å². The minimum Gasteiger partial charge on any atom is -0.205 e. The molecule has 84 valence electrons. The van der Waals surface area contributed by atoms with Crippen molar-refractivity contribution in [3.05, 3.63) is 29.3 Å². The number of rotatable bonds is 5. The summed E-state index contributed by atoms with van der Waals surface area (Å²) in [6.07, 6.45) is 1.14. The molecule has 0 N–H and O–H groups in total. The highest BCUT2D eigenvalue weighted by molar-refractivity contribution is 7.98. The van der Waals surface area contributed by atoms with E-state index in [4.69, 9.17) is 11.6 Å². The first kappa shape index (κ1) is 12.8. The van der Waals surface area contributed by atoms with Crippen molar-refractivity contribution in [3.8, 4) is 0 Å². The van der Waals surface area contributed by atoms with Gasteiger partial charge in [-0.15, -0.1) is 23.4 Å². The van der Waals surface area contributed by atoms with E-state index in [1.807, 2.05) is 6.26 Å². The van der Waals surface area contributed by atoms with E-state index in [1.165, 1.54) is 6.07 Å². The van der Waals surface area contributed by atoms with E-state index in [1.54, 1.807) is 23.9 Å². The van der Waals surface area contributed by atoms with Crippen molar-refractivity contribution in [3.63, 3.8) is 0 Å². The first-order valence-corrected chi connectivity index (χ1v) is 6.46. The number of halogens is 3. The Balaban J connectivity index is 2.91. The molecule has 0 aromatic heterocycles. The van der Waals surface area contributed by atoms with Gasteiger partial charge in [-0.2, -0.15) is 0 Å². The molecule has 0 fully saturated rings. The number of benzene rings is 1. The summed E-state index contributed by atoms with van der Waals surface area (Å²) in [5.74, 6) is 0.562. The maximum absolute atomic E-state index is 12.5. The third-order valence-electron chi connectivity index (χ3n) is 2.14. The Morgan fingerprint density at radius 2 is 2.13 bits per heavy atom. The third kappa shape index (κ3) is 3.65. The topological polar surface area (TPSA) is 0 Å². The van der Waals surface area contributed by atoms with Gasteiger partial charge in [-0.3, -0.25) is 0 Å². The molecule has 0 nitrogen and oxygen atoms in total. The quantitative estimate of drug-likeness (QED) is 0.547. The fraction of sp³-hybridized carbons (Fsp3) is 0.455. The molecule has 0 saturated heterocycles. The van der Waals surface area contributed by atoms with Gasteiger partial charge in [0.15, 0.2) is 0 Å². The third-order valence-corrected chi connectivity index (χ3v) is 3.24. The van der Waals surface area contributed by atoms with Crippen molar-refractivity contribution in [1.82, 2.24) is 0 Å². The monoisotopic (exact) mass is 250 g/mol. The summed E-state index contributed by atoms with van der Waals surface area (Å²) >= 11 is 7.17. The van der Waals surface area contributed by atoms with Gasteiger partial charge >= 0.3 is 0 Å². The SMILES string of the molecule is CSc1ccc(C(F)F)cc1CCCCl. The van der Waals surface area contributed by atoms with E-state index in [-0.39, 0.29) is 5.56 Å². The molecule has 1 aromatic carbocycles. The average Bonchev–Trinajstić information content (AvgIpc) is 2.25. The molecular weight excluding hydrogens is 238 g/mol. The summed E-state index contributed by atoms with van der Waals surface area (Å²) in [5.41, 5.74) is 1.07. The van der Waals surface area contributed by atoms with Crippen molar-refractivity contribution in [2.24, 2.45) is 0 Å². The number of aryl methyl sites for hydroxylation is 1. The Labute approximate surface area is 98.0 Å². The Kier molecular flexibility index (Phi) is 5.40. The molecule has 1 aromatic rings. The zero-order valence-corrected chi connectivity index (χ0v) is 10.0. The number of hydrogen-bond acceptors (Lipinski definition) is 1. The van der Waals surface area contributed by atoms with Crippen LogP contribution in [0.2, 0.25) is 0 Å². The Hall–Kier alpha value is -0.280. The van der Waals surface area contributed by atoms with E-state index in [2.05, 4.69) is 0 Å². The highest BCUT2D eigenvalue weighted by Crippen LogP contribution is 2.27. The summed E-state index contributed by atoms with van der Waals surface area (Å²) < 4.78 is 24.9. The molecule has 0 atom stereocenters. The first-order valence-electron chi connectivity index (χ1n) is 4.70. The van der Waals surface area contributed by atoms with Gasteiger partial charge in [0.25, 0.3) is 6.43 Å². The molecule has 0 aliphatic heterocycles. The van der Waals surface area contributed by atoms with Gasteiger partial charge in [0.05, 0.1) is 0 Å². The molecule has 4 heteroatoms. The van der Waals surface area contributed by atoms with Crippen LogP contribution < -0.4 is 0 Å². The molecular formula is C11H13ClF2S. The summed E-state index contributed by atoms with van der Waals surface area (Å²) in [6.45, 7) is 0. The van der Waals surface area contributed by atoms with Crippen LogP contribution in [-0.2, 0) is 6.42 Å². The number of hydrogen-bond donors (Lipinski definition) is 0. The van der Waals surface area contributed by atoms with Gasteiger partial charge in [-0.05, 0) is 36.8 Å².